The summed E-state index contributed by atoms with van der Waals surface area (Å²) >= 11 is 0. The molecular weight excluding hydrogens is 1710 g/mol. The van der Waals surface area contributed by atoms with Crippen LogP contribution in [-0.4, -0.2) is 227 Å². The molecule has 6 aromatic heterocycles. The fourth-order valence-electron chi connectivity index (χ4n) is 11.8. The van der Waals surface area contributed by atoms with Gasteiger partial charge >= 0.3 is 54.1 Å². The highest BCUT2D eigenvalue weighted by Crippen LogP contribution is 2.30. The van der Waals surface area contributed by atoms with Gasteiger partial charge in [0.1, 0.15) is 65.1 Å². The lowest BCUT2D eigenvalue weighted by molar-refractivity contribution is -0.149. The molecular formula is C91H123N19O22. The summed E-state index contributed by atoms with van der Waals surface area (Å²) in [5.41, 5.74) is 19.8. The van der Waals surface area contributed by atoms with Gasteiger partial charge in [0.15, 0.2) is 16.7 Å². The minimum atomic E-state index is -1.06. The second-order valence-electron chi connectivity index (χ2n) is 33.0. The number of benzene rings is 6. The lowest BCUT2D eigenvalue weighted by Gasteiger charge is -2.24. The molecule has 132 heavy (non-hydrogen) atoms. The molecule has 0 saturated carbocycles. The van der Waals surface area contributed by atoms with Gasteiger partial charge in [-0.3, -0.25) is 39.9 Å². The molecule has 0 bridgehead atoms. The number of nitrogens with zero attached hydrogens (tertiary/aromatic N) is 9. The quantitative estimate of drug-likeness (QED) is 0.00985. The van der Waals surface area contributed by atoms with Gasteiger partial charge in [0.2, 0.25) is 17.8 Å². The molecule has 41 nitrogen and oxygen atoms in total. The number of esters is 2. The van der Waals surface area contributed by atoms with Crippen molar-refractivity contribution in [2.24, 2.45) is 56.3 Å². The van der Waals surface area contributed by atoms with Crippen molar-refractivity contribution in [1.29, 1.82) is 0 Å². The summed E-state index contributed by atoms with van der Waals surface area (Å²) < 4.78 is 59.2. The Bertz CT molecular complexity index is 5740. The molecule has 0 saturated heterocycles. The summed E-state index contributed by atoms with van der Waals surface area (Å²) in [4.78, 5) is 133. The molecule has 5 amide bonds. The third-order valence-corrected chi connectivity index (χ3v) is 18.9. The van der Waals surface area contributed by atoms with Gasteiger partial charge in [-0.15, -0.1) is 0 Å². The van der Waals surface area contributed by atoms with Crippen LogP contribution in [0.25, 0.3) is 66.4 Å². The Labute approximate surface area is 762 Å². The summed E-state index contributed by atoms with van der Waals surface area (Å²) in [5, 5.41) is 48.3. The number of carboxylic acid groups (broad SMARTS) is 2. The first-order chi connectivity index (χ1) is 62.1. The van der Waals surface area contributed by atoms with E-state index in [2.05, 4.69) is 72.4 Å². The summed E-state index contributed by atoms with van der Waals surface area (Å²) in [6.07, 6.45) is -1.39. The zero-order chi connectivity index (χ0) is 96.0. The Morgan fingerprint density at radius 3 is 1.00 bits per heavy atom. The minimum Gasteiger partial charge on any atom is -0.480 e. The van der Waals surface area contributed by atoms with Crippen LogP contribution >= 0.6 is 0 Å². The molecule has 0 aliphatic heterocycles. The molecule has 714 valence electrons. The number of alkyl carbamates (subject to hydrolysis) is 2. The molecule has 12 rings (SSSR count). The Balaban J connectivity index is 0.000000243. The molecule has 0 spiro atoms. The number of rotatable bonds is 36. The summed E-state index contributed by atoms with van der Waals surface area (Å²) in [6, 6.07) is 36.2. The predicted octanol–water partition coefficient (Wildman–Crippen LogP) is 11.5. The van der Waals surface area contributed by atoms with Gasteiger partial charge in [-0.05, 0) is 156 Å². The van der Waals surface area contributed by atoms with Crippen LogP contribution in [-0.2, 0) is 73.5 Å². The molecule has 0 fully saturated rings. The highest BCUT2D eigenvalue weighted by molar-refractivity contribution is 6.00. The van der Waals surface area contributed by atoms with Crippen LogP contribution in [0.4, 0.5) is 45.5 Å². The Kier molecular flexibility index (Phi) is 39.7. The largest absolute Gasteiger partial charge is 0.480 e. The highest BCUT2D eigenvalue weighted by atomic mass is 16.6. The number of aliphatic hydroxyl groups excluding tert-OH is 1. The number of carbonyl (C=O) groups excluding carboxylic acids is 7. The number of nitrogens with one attached hydrogen (secondary N) is 8. The van der Waals surface area contributed by atoms with Crippen molar-refractivity contribution >= 4 is 156 Å². The van der Waals surface area contributed by atoms with Crippen molar-refractivity contribution in [1.82, 2.24) is 70.2 Å². The van der Waals surface area contributed by atoms with E-state index in [1.165, 1.54) is 0 Å². The first-order valence-corrected chi connectivity index (χ1v) is 42.3. The number of hydrogen-bond donors (Lipinski definition) is 13. The van der Waals surface area contributed by atoms with Crippen LogP contribution in [0.5, 0.6) is 0 Å². The number of amides is 5. The Hall–Kier alpha value is -13.9. The molecule has 6 heterocycles. The lowest BCUT2D eigenvalue weighted by atomic mass is 10.1. The van der Waals surface area contributed by atoms with Crippen LogP contribution in [0.1, 0.15) is 135 Å². The second-order valence-corrected chi connectivity index (χ2v) is 33.0. The average molecular weight is 1840 g/mol. The zero-order valence-electron chi connectivity index (χ0n) is 76.5. The first-order valence-electron chi connectivity index (χ1n) is 42.3. The standard InChI is InChI=1S/C30H38N6O7.C25H30N6O5.C20H21N5O4.C10H19NO4.C5H11NO2.CH4/c1-18(2)24(34-29(39)43-30(3,4)5)26(38)41-16-15-40-14-13-31-25(37)19-11-12-22-21(17-19)32-27(36(22)6)35-28-33-20-9-7-8-10-23(20)42-28;1-15(2)21(26)23(33)35-13-12-34-11-10-27-22(32)16-8-9-19-18(14-16)28-24(31(19)3)30-25-29-17-6-4-5-7-20(17)36-25;1-25-16-7-6-13(18(27)21-8-10-28-11-9-26)12-15(16)22-19(25)24-20-23-14-4-2-3-5-17(14)29-20;1-6(2)7(8(12)13)11-9(14)15-10(3,4)5;1-3(2)4(6)5(7)8;/h7-12,17-18,24H,13-16H2,1-6H3,(H,31,37)(H,34,39)(H,32,33,35);4-9,14-15,21H,10-13,26H2,1-3H3,(H,27,32)(H,28,29,30);2-7,12,26H,8-11H2,1H3,(H,21,27)(H,22,23,24);6-7H,1-5H3,(H,11,14)(H,12,13);3-4H,6H2,1-2H3,(H,7,8);1H4. The van der Waals surface area contributed by atoms with Crippen LogP contribution < -0.4 is 54.0 Å². The number of aryl methyl sites for hydroxylation is 3. The normalized spacial score (nSPS) is 12.2. The fraction of sp³-hybridized carbons (Fsp3) is 0.440. The SMILES string of the molecule is C.CC(C)C(N)C(=O)O.CC(C)C(N)C(=O)OCCOCCNC(=O)c1ccc2c(c1)nc(Nc1nc3ccccc3o1)n2C.CC(C)C(NC(=O)OC(C)(C)C)C(=O)O.CC(C)C(NC(=O)OC(C)(C)C)C(=O)OCCOCCNC(=O)c1ccc2c(c1)nc(Nc1nc3ccccc3o1)n2C.Cn1c(Nc2nc3ccccc3o2)nc2cc(C(=O)NCCOCCO)ccc21. The van der Waals surface area contributed by atoms with Crippen molar-refractivity contribution in [3.8, 4) is 0 Å². The molecule has 6 aromatic carbocycles. The second kappa shape index (κ2) is 49.8. The number of aliphatic carboxylic acids is 2. The van der Waals surface area contributed by atoms with Crippen molar-refractivity contribution in [3.05, 3.63) is 144 Å². The number of fused-ring (bicyclic) bond motifs is 6. The van der Waals surface area contributed by atoms with Crippen molar-refractivity contribution < 1.29 is 105 Å². The maximum Gasteiger partial charge on any atom is 0.408 e. The summed E-state index contributed by atoms with van der Waals surface area (Å²) in [6.45, 7) is 27.1. The Morgan fingerprint density at radius 2 is 0.712 bits per heavy atom. The molecule has 4 unspecified atom stereocenters. The maximum atomic E-state index is 12.7. The number of anilines is 6. The maximum absolute atomic E-state index is 12.7. The topological polar surface area (TPSA) is 559 Å². The molecule has 12 aromatic rings. The number of carbonyl (C=O) groups is 9. The van der Waals surface area contributed by atoms with E-state index >= 15 is 0 Å². The van der Waals surface area contributed by atoms with E-state index in [4.69, 9.17) is 73.2 Å². The van der Waals surface area contributed by atoms with Crippen LogP contribution in [0.2, 0.25) is 0 Å². The number of hydrogen-bond acceptors (Lipinski definition) is 31. The molecule has 4 atom stereocenters. The number of aromatic nitrogens is 9. The van der Waals surface area contributed by atoms with E-state index in [9.17, 15) is 43.2 Å². The molecule has 0 radical (unpaired) electrons. The first kappa shape index (κ1) is 105. The fourth-order valence-corrected chi connectivity index (χ4v) is 11.8. The van der Waals surface area contributed by atoms with E-state index in [-0.39, 0.29) is 108 Å². The number of ether oxygens (including phenoxy) is 7. The number of nitrogens with two attached hydrogens (primary N) is 2. The van der Waals surface area contributed by atoms with E-state index in [1.807, 2.05) is 140 Å². The van der Waals surface area contributed by atoms with Gasteiger partial charge in [-0.2, -0.15) is 15.0 Å². The van der Waals surface area contributed by atoms with Crippen LogP contribution in [0, 0.1) is 23.7 Å². The van der Waals surface area contributed by atoms with E-state index in [0.29, 0.717) is 106 Å². The number of oxazole rings is 3. The number of para-hydroxylation sites is 6. The number of aliphatic hydroxyl groups is 1. The third kappa shape index (κ3) is 32.1. The van der Waals surface area contributed by atoms with Crippen LogP contribution in [0.3, 0.4) is 0 Å². The third-order valence-electron chi connectivity index (χ3n) is 18.9. The molecule has 15 N–H and O–H groups in total. The van der Waals surface area contributed by atoms with Gasteiger partial charge in [0.05, 0.1) is 79.3 Å². The van der Waals surface area contributed by atoms with Gasteiger partial charge in [-0.25, -0.2) is 34.1 Å². The van der Waals surface area contributed by atoms with Crippen molar-refractivity contribution in [2.45, 2.75) is 140 Å². The van der Waals surface area contributed by atoms with Gasteiger partial charge < -0.3 is 113 Å². The van der Waals surface area contributed by atoms with Gasteiger partial charge in [0, 0.05) is 57.5 Å². The minimum absolute atomic E-state index is 0. The average Bonchev–Trinajstić information content (AvgIpc) is 1.65. The van der Waals surface area contributed by atoms with E-state index in [0.717, 1.165) is 33.1 Å². The van der Waals surface area contributed by atoms with Gasteiger partial charge in [-0.1, -0.05) is 99.2 Å². The highest BCUT2D eigenvalue weighted by Gasteiger charge is 2.30. The molecule has 0 aliphatic carbocycles. The van der Waals surface area contributed by atoms with Crippen molar-refractivity contribution in [2.75, 3.05) is 95.0 Å². The monoisotopic (exact) mass is 1830 g/mol. The zero-order valence-corrected chi connectivity index (χ0v) is 76.5. The summed E-state index contributed by atoms with van der Waals surface area (Å²) in [7, 11) is 5.60. The Morgan fingerprint density at radius 1 is 0.394 bits per heavy atom. The van der Waals surface area contributed by atoms with Gasteiger partial charge in [0.25, 0.3) is 17.7 Å². The van der Waals surface area contributed by atoms with Crippen molar-refractivity contribution in [3.63, 3.8) is 0 Å². The van der Waals surface area contributed by atoms with E-state index in [1.54, 1.807) is 119 Å². The lowest BCUT2D eigenvalue weighted by Crippen LogP contribution is -2.47. The number of carboxylic acids is 2. The predicted molar refractivity (Wildman–Crippen MR) is 496 cm³/mol. The number of imidazole rings is 3. The molecule has 41 heteroatoms. The molecule has 0 aliphatic rings. The van der Waals surface area contributed by atoms with Crippen LogP contribution in [0.15, 0.2) is 141 Å². The van der Waals surface area contributed by atoms with E-state index < -0.39 is 71.4 Å². The summed E-state index contributed by atoms with van der Waals surface area (Å²) in [5.74, 6) is -2.47. The smallest absolute Gasteiger partial charge is 0.408 e.